The van der Waals surface area contributed by atoms with Crippen LogP contribution in [0, 0.1) is 19.3 Å². The van der Waals surface area contributed by atoms with Gasteiger partial charge in [0.1, 0.15) is 18.6 Å². The van der Waals surface area contributed by atoms with E-state index in [4.69, 9.17) is 15.7 Å². The number of fused-ring (bicyclic) bond motifs is 5. The fourth-order valence-corrected chi connectivity index (χ4v) is 3.48. The number of aromatic nitrogens is 7. The Morgan fingerprint density at radius 1 is 1.31 bits per heavy atom. The summed E-state index contributed by atoms with van der Waals surface area (Å²) in [6.07, 6.45) is 7.39. The second-order valence-electron chi connectivity index (χ2n) is 6.59. The first kappa shape index (κ1) is 17.3. The van der Waals surface area contributed by atoms with Crippen LogP contribution < -0.4 is 0 Å². The molecule has 0 fully saturated rings. The van der Waals surface area contributed by atoms with Crippen LogP contribution in [0.1, 0.15) is 29.9 Å². The third-order valence-electron chi connectivity index (χ3n) is 4.84. The molecular weight excluding hydrogens is 370 g/mol. The number of nitrogens with zero attached hydrogens (tertiary/aromatic N) is 7. The van der Waals surface area contributed by atoms with E-state index in [1.165, 1.54) is 0 Å². The Kier molecular flexibility index (Phi) is 4.00. The molecule has 5 rings (SSSR count). The van der Waals surface area contributed by atoms with Crippen LogP contribution >= 0.6 is 0 Å². The molecule has 0 saturated heterocycles. The SMILES string of the molecule is C#Cc1ccc2c(c1)-c1nnc(COCC)n1Cc1c(-c3noc(C)n3)ncn1-2. The Labute approximate surface area is 166 Å². The van der Waals surface area contributed by atoms with Crippen molar-refractivity contribution in [2.45, 2.75) is 27.0 Å². The minimum absolute atomic E-state index is 0.360. The topological polar surface area (TPSA) is 96.7 Å². The van der Waals surface area contributed by atoms with Gasteiger partial charge in [-0.15, -0.1) is 16.6 Å². The van der Waals surface area contributed by atoms with Gasteiger partial charge in [-0.2, -0.15) is 4.98 Å². The number of rotatable bonds is 4. The van der Waals surface area contributed by atoms with Gasteiger partial charge in [0.15, 0.2) is 11.6 Å². The van der Waals surface area contributed by atoms with Gasteiger partial charge < -0.3 is 13.8 Å². The molecule has 1 aliphatic rings. The molecule has 0 N–H and O–H groups in total. The van der Waals surface area contributed by atoms with Crippen LogP contribution in [0.5, 0.6) is 0 Å². The van der Waals surface area contributed by atoms with Crippen molar-refractivity contribution in [2.24, 2.45) is 0 Å². The van der Waals surface area contributed by atoms with Gasteiger partial charge in [0.2, 0.25) is 11.7 Å². The lowest BCUT2D eigenvalue weighted by molar-refractivity contribution is 0.125. The third kappa shape index (κ3) is 2.73. The zero-order valence-electron chi connectivity index (χ0n) is 16.0. The Balaban J connectivity index is 1.76. The highest BCUT2D eigenvalue weighted by molar-refractivity contribution is 5.72. The molecule has 9 nitrogen and oxygen atoms in total. The maximum atomic E-state index is 5.63. The fourth-order valence-electron chi connectivity index (χ4n) is 3.48. The second kappa shape index (κ2) is 6.68. The Bertz CT molecular complexity index is 1260. The van der Waals surface area contributed by atoms with E-state index in [1.807, 2.05) is 34.3 Å². The van der Waals surface area contributed by atoms with E-state index in [0.717, 1.165) is 34.2 Å². The fraction of sp³-hybridized carbons (Fsp3) is 0.250. The number of benzene rings is 1. The van der Waals surface area contributed by atoms with Crippen molar-refractivity contribution in [2.75, 3.05) is 6.61 Å². The summed E-state index contributed by atoms with van der Waals surface area (Å²) in [5.74, 6) is 5.07. The van der Waals surface area contributed by atoms with Crippen molar-refractivity contribution in [1.82, 2.24) is 34.5 Å². The molecule has 0 bridgehead atoms. The first-order valence-corrected chi connectivity index (χ1v) is 9.17. The zero-order valence-corrected chi connectivity index (χ0v) is 16.0. The molecule has 29 heavy (non-hydrogen) atoms. The molecule has 1 aliphatic heterocycles. The maximum Gasteiger partial charge on any atom is 0.223 e. The Morgan fingerprint density at radius 2 is 2.21 bits per heavy atom. The van der Waals surface area contributed by atoms with Crippen molar-refractivity contribution < 1.29 is 9.26 Å². The highest BCUT2D eigenvalue weighted by Gasteiger charge is 2.27. The summed E-state index contributed by atoms with van der Waals surface area (Å²) in [6.45, 7) is 5.12. The van der Waals surface area contributed by atoms with Crippen molar-refractivity contribution in [3.63, 3.8) is 0 Å². The largest absolute Gasteiger partial charge is 0.374 e. The lowest BCUT2D eigenvalue weighted by Crippen LogP contribution is -2.09. The first-order chi connectivity index (χ1) is 14.2. The molecule has 0 atom stereocenters. The molecule has 4 heterocycles. The van der Waals surface area contributed by atoms with E-state index in [9.17, 15) is 0 Å². The van der Waals surface area contributed by atoms with Crippen LogP contribution in [0.2, 0.25) is 0 Å². The van der Waals surface area contributed by atoms with Gasteiger partial charge in [0.05, 0.1) is 17.9 Å². The highest BCUT2D eigenvalue weighted by atomic mass is 16.5. The molecule has 9 heteroatoms. The van der Waals surface area contributed by atoms with Crippen LogP contribution in [0.25, 0.3) is 28.6 Å². The lowest BCUT2D eigenvalue weighted by atomic mass is 10.1. The molecule has 3 aromatic heterocycles. The van der Waals surface area contributed by atoms with E-state index in [0.29, 0.717) is 37.2 Å². The molecule has 0 spiro atoms. The maximum absolute atomic E-state index is 5.63. The van der Waals surface area contributed by atoms with Crippen molar-refractivity contribution in [3.05, 3.63) is 47.5 Å². The molecular formula is C20H17N7O2. The summed E-state index contributed by atoms with van der Waals surface area (Å²) in [7, 11) is 0. The highest BCUT2D eigenvalue weighted by Crippen LogP contribution is 2.35. The minimum Gasteiger partial charge on any atom is -0.374 e. The quantitative estimate of drug-likeness (QED) is 0.437. The van der Waals surface area contributed by atoms with E-state index in [1.54, 1.807) is 13.3 Å². The zero-order chi connectivity index (χ0) is 20.0. The number of imidazole rings is 1. The number of hydrogen-bond donors (Lipinski definition) is 0. The van der Waals surface area contributed by atoms with E-state index in [-0.39, 0.29) is 0 Å². The third-order valence-corrected chi connectivity index (χ3v) is 4.84. The monoisotopic (exact) mass is 387 g/mol. The smallest absolute Gasteiger partial charge is 0.223 e. The summed E-state index contributed by atoms with van der Waals surface area (Å²) in [5, 5.41) is 12.8. The summed E-state index contributed by atoms with van der Waals surface area (Å²) < 4.78 is 14.8. The number of aryl methyl sites for hydroxylation is 1. The number of terminal acetylenes is 1. The summed E-state index contributed by atoms with van der Waals surface area (Å²) in [4.78, 5) is 8.91. The molecule has 0 aliphatic carbocycles. The van der Waals surface area contributed by atoms with Crippen LogP contribution in [0.15, 0.2) is 29.0 Å². The predicted molar refractivity (Wildman–Crippen MR) is 103 cm³/mol. The Morgan fingerprint density at radius 3 is 2.97 bits per heavy atom. The lowest BCUT2D eigenvalue weighted by Gasteiger charge is -2.09. The summed E-state index contributed by atoms with van der Waals surface area (Å²) in [5.41, 5.74) is 4.10. The summed E-state index contributed by atoms with van der Waals surface area (Å²) >= 11 is 0. The molecule has 0 radical (unpaired) electrons. The van der Waals surface area contributed by atoms with Gasteiger partial charge >= 0.3 is 0 Å². The van der Waals surface area contributed by atoms with Gasteiger partial charge in [0.25, 0.3) is 0 Å². The van der Waals surface area contributed by atoms with E-state index in [2.05, 4.69) is 31.2 Å². The van der Waals surface area contributed by atoms with Gasteiger partial charge in [-0.3, -0.25) is 4.57 Å². The molecule has 0 saturated carbocycles. The molecule has 0 unspecified atom stereocenters. The summed E-state index contributed by atoms with van der Waals surface area (Å²) in [6, 6.07) is 5.80. The van der Waals surface area contributed by atoms with Gasteiger partial charge in [0, 0.05) is 24.7 Å². The molecule has 1 aromatic carbocycles. The van der Waals surface area contributed by atoms with Crippen molar-refractivity contribution in [3.8, 4) is 40.9 Å². The first-order valence-electron chi connectivity index (χ1n) is 9.17. The minimum atomic E-state index is 0.360. The normalized spacial score (nSPS) is 12.0. The van der Waals surface area contributed by atoms with Gasteiger partial charge in [-0.1, -0.05) is 11.1 Å². The van der Waals surface area contributed by atoms with E-state index >= 15 is 0 Å². The Hall–Kier alpha value is -3.77. The van der Waals surface area contributed by atoms with E-state index < -0.39 is 0 Å². The van der Waals surface area contributed by atoms with Gasteiger partial charge in [-0.05, 0) is 25.1 Å². The van der Waals surface area contributed by atoms with Crippen LogP contribution in [-0.4, -0.2) is 41.1 Å². The average Bonchev–Trinajstić information content (AvgIpc) is 3.43. The van der Waals surface area contributed by atoms with Crippen LogP contribution in [0.3, 0.4) is 0 Å². The second-order valence-corrected chi connectivity index (χ2v) is 6.59. The van der Waals surface area contributed by atoms with Crippen LogP contribution in [-0.2, 0) is 17.9 Å². The molecule has 144 valence electrons. The standard InChI is InChI=1S/C20H17N7O2/c1-4-13-6-7-15-14(8-13)20-24-23-17(10-28-5-2)26(20)9-16-18(21-11-27(15)16)19-22-12(3)29-25-19/h1,6-8,11H,5,9-10H2,2-3H3. The molecule has 0 amide bonds. The average molecular weight is 387 g/mol. The van der Waals surface area contributed by atoms with Crippen LogP contribution in [0.4, 0.5) is 0 Å². The molecule has 4 aromatic rings. The van der Waals surface area contributed by atoms with Gasteiger partial charge in [-0.25, -0.2) is 4.98 Å². The number of hydrogen-bond acceptors (Lipinski definition) is 7. The van der Waals surface area contributed by atoms with Crippen molar-refractivity contribution >= 4 is 0 Å². The van der Waals surface area contributed by atoms with Crippen molar-refractivity contribution in [1.29, 1.82) is 0 Å². The number of ether oxygens (including phenoxy) is 1. The predicted octanol–water partition coefficient (Wildman–Crippen LogP) is 2.37.